The molecule has 4 N–H and O–H groups in total. The molecule has 0 bridgehead atoms. The fourth-order valence-electron chi connectivity index (χ4n) is 1.34. The van der Waals surface area contributed by atoms with Crippen LogP contribution < -0.4 is 16.4 Å². The highest BCUT2D eigenvalue weighted by atomic mass is 16.2. The number of nitrogens with two attached hydrogens (primary N) is 1. The van der Waals surface area contributed by atoms with Crippen molar-refractivity contribution in [2.45, 2.75) is 39.3 Å². The second kappa shape index (κ2) is 5.84. The summed E-state index contributed by atoms with van der Waals surface area (Å²) < 4.78 is 0. The summed E-state index contributed by atoms with van der Waals surface area (Å²) in [6, 6.07) is 6.77. The van der Waals surface area contributed by atoms with Gasteiger partial charge in [0.15, 0.2) is 0 Å². The molecule has 0 spiro atoms. The second-order valence-electron chi connectivity index (χ2n) is 5.38. The number of carbonyl (C=O) groups excluding carboxylic acids is 2. The van der Waals surface area contributed by atoms with E-state index in [1.54, 1.807) is 38.1 Å². The molecule has 1 rings (SSSR count). The first kappa shape index (κ1) is 15.2. The van der Waals surface area contributed by atoms with Gasteiger partial charge in [0.25, 0.3) is 5.91 Å². The van der Waals surface area contributed by atoms with Gasteiger partial charge >= 0.3 is 0 Å². The third-order valence-corrected chi connectivity index (χ3v) is 2.41. The lowest BCUT2D eigenvalue weighted by Crippen LogP contribution is -2.45. The Hall–Kier alpha value is -1.88. The van der Waals surface area contributed by atoms with Crippen molar-refractivity contribution in [2.75, 3.05) is 5.32 Å². The fourth-order valence-corrected chi connectivity index (χ4v) is 1.34. The number of nitrogens with one attached hydrogen (secondary N) is 2. The molecule has 104 valence electrons. The van der Waals surface area contributed by atoms with E-state index in [0.717, 1.165) is 0 Å². The fraction of sp³-hybridized carbons (Fsp3) is 0.429. The first-order valence-electron chi connectivity index (χ1n) is 6.21. The van der Waals surface area contributed by atoms with E-state index >= 15 is 0 Å². The van der Waals surface area contributed by atoms with E-state index in [-0.39, 0.29) is 17.9 Å². The van der Waals surface area contributed by atoms with Gasteiger partial charge in [0.1, 0.15) is 0 Å². The number of benzene rings is 1. The molecule has 0 fully saturated rings. The molecule has 5 heteroatoms. The van der Waals surface area contributed by atoms with Gasteiger partial charge < -0.3 is 16.4 Å². The van der Waals surface area contributed by atoms with Gasteiger partial charge in [-0.05, 0) is 52.0 Å². The van der Waals surface area contributed by atoms with Gasteiger partial charge in [0.2, 0.25) is 5.91 Å². The topological polar surface area (TPSA) is 84.2 Å². The van der Waals surface area contributed by atoms with Gasteiger partial charge in [-0.25, -0.2) is 0 Å². The third kappa shape index (κ3) is 4.71. The Balaban J connectivity index is 2.72. The van der Waals surface area contributed by atoms with Crippen LogP contribution in [0.5, 0.6) is 0 Å². The van der Waals surface area contributed by atoms with Crippen LogP contribution in [0.3, 0.4) is 0 Å². The predicted molar refractivity (Wildman–Crippen MR) is 75.9 cm³/mol. The largest absolute Gasteiger partial charge is 0.350 e. The van der Waals surface area contributed by atoms with Gasteiger partial charge in [-0.2, -0.15) is 0 Å². The van der Waals surface area contributed by atoms with Crippen LogP contribution in [0.2, 0.25) is 0 Å². The number of hydrogen-bond acceptors (Lipinski definition) is 3. The normalized spacial score (nSPS) is 11.3. The van der Waals surface area contributed by atoms with E-state index in [2.05, 4.69) is 10.6 Å². The van der Waals surface area contributed by atoms with Crippen molar-refractivity contribution in [1.29, 1.82) is 0 Å². The molecule has 0 aromatic heterocycles. The molecule has 1 aromatic carbocycles. The summed E-state index contributed by atoms with van der Waals surface area (Å²) in [5.74, 6) is -0.404. The van der Waals surface area contributed by atoms with Crippen LogP contribution >= 0.6 is 0 Å². The van der Waals surface area contributed by atoms with Crippen LogP contribution in [0.25, 0.3) is 0 Å². The van der Waals surface area contributed by atoms with E-state index in [4.69, 9.17) is 5.73 Å². The lowest BCUT2D eigenvalue weighted by molar-refractivity contribution is -0.120. The maximum Gasteiger partial charge on any atom is 0.251 e. The summed E-state index contributed by atoms with van der Waals surface area (Å²) >= 11 is 0. The van der Waals surface area contributed by atoms with Crippen molar-refractivity contribution in [1.82, 2.24) is 5.32 Å². The van der Waals surface area contributed by atoms with E-state index in [9.17, 15) is 9.59 Å². The molecule has 19 heavy (non-hydrogen) atoms. The monoisotopic (exact) mass is 263 g/mol. The number of amides is 2. The van der Waals surface area contributed by atoms with E-state index < -0.39 is 5.54 Å². The SMILES string of the molecule is CC(C)NC(=O)c1ccc(NC(=O)C(C)(C)N)cc1. The molecule has 0 aliphatic rings. The van der Waals surface area contributed by atoms with Crippen molar-refractivity contribution in [3.63, 3.8) is 0 Å². The van der Waals surface area contributed by atoms with Crippen LogP contribution in [-0.2, 0) is 4.79 Å². The van der Waals surface area contributed by atoms with E-state index in [1.807, 2.05) is 13.8 Å². The summed E-state index contributed by atoms with van der Waals surface area (Å²) in [6.07, 6.45) is 0. The van der Waals surface area contributed by atoms with Gasteiger partial charge in [-0.15, -0.1) is 0 Å². The minimum atomic E-state index is -0.937. The quantitative estimate of drug-likeness (QED) is 0.769. The Morgan fingerprint density at radius 2 is 1.68 bits per heavy atom. The van der Waals surface area contributed by atoms with Crippen LogP contribution in [0.15, 0.2) is 24.3 Å². The minimum absolute atomic E-state index is 0.0879. The van der Waals surface area contributed by atoms with E-state index in [1.165, 1.54) is 0 Å². The molecule has 5 nitrogen and oxygen atoms in total. The second-order valence-corrected chi connectivity index (χ2v) is 5.38. The summed E-state index contributed by atoms with van der Waals surface area (Å²) in [5, 5.41) is 5.49. The van der Waals surface area contributed by atoms with Gasteiger partial charge in [-0.1, -0.05) is 0 Å². The van der Waals surface area contributed by atoms with Crippen LogP contribution in [0.4, 0.5) is 5.69 Å². The zero-order valence-electron chi connectivity index (χ0n) is 11.8. The molecule has 2 amide bonds. The summed E-state index contributed by atoms with van der Waals surface area (Å²) in [7, 11) is 0. The minimum Gasteiger partial charge on any atom is -0.350 e. The highest BCUT2D eigenvalue weighted by Gasteiger charge is 2.21. The van der Waals surface area contributed by atoms with Crippen LogP contribution in [0.1, 0.15) is 38.1 Å². The zero-order chi connectivity index (χ0) is 14.6. The standard InChI is InChI=1S/C14H21N3O2/c1-9(2)16-12(18)10-5-7-11(8-6-10)17-13(19)14(3,4)15/h5-9H,15H2,1-4H3,(H,16,18)(H,17,19). The van der Waals surface area contributed by atoms with Crippen LogP contribution in [-0.4, -0.2) is 23.4 Å². The third-order valence-electron chi connectivity index (χ3n) is 2.41. The maximum absolute atomic E-state index is 11.7. The average molecular weight is 263 g/mol. The Bertz CT molecular complexity index is 459. The Morgan fingerprint density at radius 1 is 1.16 bits per heavy atom. The molecule has 0 aliphatic carbocycles. The lowest BCUT2D eigenvalue weighted by atomic mass is 10.1. The Kier molecular flexibility index (Phi) is 4.67. The van der Waals surface area contributed by atoms with Gasteiger partial charge in [-0.3, -0.25) is 9.59 Å². The van der Waals surface area contributed by atoms with Crippen molar-refractivity contribution in [3.8, 4) is 0 Å². The molecule has 0 radical (unpaired) electrons. The van der Waals surface area contributed by atoms with Crippen molar-refractivity contribution in [2.24, 2.45) is 5.73 Å². The molecule has 0 atom stereocenters. The zero-order valence-corrected chi connectivity index (χ0v) is 11.8. The van der Waals surface area contributed by atoms with Crippen LogP contribution in [0, 0.1) is 0 Å². The van der Waals surface area contributed by atoms with E-state index in [0.29, 0.717) is 11.3 Å². The lowest BCUT2D eigenvalue weighted by Gasteiger charge is -2.17. The molecular formula is C14H21N3O2. The smallest absolute Gasteiger partial charge is 0.251 e. The molecule has 0 unspecified atom stereocenters. The summed E-state index contributed by atoms with van der Waals surface area (Å²) in [6.45, 7) is 7.06. The Labute approximate surface area is 113 Å². The molecule has 0 saturated heterocycles. The maximum atomic E-state index is 11.7. The molecule has 0 aliphatic heterocycles. The van der Waals surface area contributed by atoms with Crippen molar-refractivity contribution in [3.05, 3.63) is 29.8 Å². The number of rotatable bonds is 4. The molecule has 1 aromatic rings. The molecule has 0 heterocycles. The number of hydrogen-bond donors (Lipinski definition) is 3. The molecule has 0 saturated carbocycles. The van der Waals surface area contributed by atoms with Gasteiger partial charge in [0.05, 0.1) is 5.54 Å². The predicted octanol–water partition coefficient (Wildman–Crippen LogP) is 1.50. The van der Waals surface area contributed by atoms with Crippen molar-refractivity contribution < 1.29 is 9.59 Å². The highest BCUT2D eigenvalue weighted by molar-refractivity contribution is 5.98. The summed E-state index contributed by atoms with van der Waals surface area (Å²) in [4.78, 5) is 23.4. The number of carbonyl (C=O) groups is 2. The molecular weight excluding hydrogens is 242 g/mol. The van der Waals surface area contributed by atoms with Gasteiger partial charge in [0, 0.05) is 17.3 Å². The first-order valence-corrected chi connectivity index (χ1v) is 6.21. The highest BCUT2D eigenvalue weighted by Crippen LogP contribution is 2.11. The van der Waals surface area contributed by atoms with Crippen molar-refractivity contribution >= 4 is 17.5 Å². The first-order chi connectivity index (χ1) is 8.70. The summed E-state index contributed by atoms with van der Waals surface area (Å²) in [5.41, 5.74) is 5.92. The average Bonchev–Trinajstić information content (AvgIpc) is 2.27. The Morgan fingerprint density at radius 3 is 2.11 bits per heavy atom. The number of anilines is 1.